The number of carbonyl (C=O) groups excluding carboxylic acids is 1. The highest BCUT2D eigenvalue weighted by molar-refractivity contribution is 5.89. The monoisotopic (exact) mass is 351 g/mol. The van der Waals surface area contributed by atoms with Crippen molar-refractivity contribution in [1.29, 1.82) is 0 Å². The smallest absolute Gasteiger partial charge is 0.232 e. The van der Waals surface area contributed by atoms with Gasteiger partial charge in [-0.05, 0) is 45.0 Å². The molecule has 0 aromatic carbocycles. The van der Waals surface area contributed by atoms with Crippen molar-refractivity contribution in [2.75, 3.05) is 18.4 Å². The van der Waals surface area contributed by atoms with E-state index in [1.807, 2.05) is 49.9 Å². The third-order valence-electron chi connectivity index (χ3n) is 4.78. The molecule has 4 rings (SSSR count). The molecule has 0 bridgehead atoms. The fraction of sp³-hybridized carbons (Fsp3) is 0.389. The van der Waals surface area contributed by atoms with E-state index in [1.165, 1.54) is 0 Å². The van der Waals surface area contributed by atoms with Crippen molar-refractivity contribution in [3.8, 4) is 11.4 Å². The molecule has 1 aliphatic rings. The molecule has 0 radical (unpaired) electrons. The van der Waals surface area contributed by atoms with Crippen molar-refractivity contribution in [2.45, 2.75) is 26.8 Å². The zero-order valence-electron chi connectivity index (χ0n) is 15.0. The summed E-state index contributed by atoms with van der Waals surface area (Å²) < 4.78 is 1.70. The molecule has 8 heteroatoms. The number of β-lactam (4-membered cyclic amide) rings is 1. The zero-order valence-corrected chi connectivity index (χ0v) is 15.0. The number of pyridine rings is 1. The second-order valence-corrected chi connectivity index (χ2v) is 7.19. The molecule has 0 saturated carbocycles. The topological polar surface area (TPSA) is 88.3 Å². The van der Waals surface area contributed by atoms with E-state index < -0.39 is 0 Å². The van der Waals surface area contributed by atoms with Gasteiger partial charge in [-0.15, -0.1) is 15.3 Å². The molecule has 1 saturated heterocycles. The van der Waals surface area contributed by atoms with Crippen molar-refractivity contribution in [1.82, 2.24) is 29.7 Å². The maximum Gasteiger partial charge on any atom is 0.232 e. The van der Waals surface area contributed by atoms with Crippen molar-refractivity contribution < 1.29 is 4.79 Å². The van der Waals surface area contributed by atoms with E-state index >= 15 is 0 Å². The van der Waals surface area contributed by atoms with Gasteiger partial charge in [-0.1, -0.05) is 0 Å². The molecule has 1 atom stereocenters. The van der Waals surface area contributed by atoms with Gasteiger partial charge in [0.25, 0.3) is 0 Å². The van der Waals surface area contributed by atoms with Gasteiger partial charge in [0.15, 0.2) is 11.5 Å². The lowest BCUT2D eigenvalue weighted by Crippen LogP contribution is -2.64. The van der Waals surface area contributed by atoms with Crippen LogP contribution in [0, 0.1) is 5.41 Å². The van der Waals surface area contributed by atoms with Gasteiger partial charge < -0.3 is 10.2 Å². The van der Waals surface area contributed by atoms with Crippen LogP contribution in [0.5, 0.6) is 0 Å². The second kappa shape index (κ2) is 6.05. The lowest BCUT2D eigenvalue weighted by molar-refractivity contribution is -0.159. The lowest BCUT2D eigenvalue weighted by atomic mass is 9.79. The number of rotatable bonds is 5. The number of nitrogens with one attached hydrogen (secondary N) is 1. The minimum Gasteiger partial charge on any atom is -0.367 e. The van der Waals surface area contributed by atoms with E-state index in [4.69, 9.17) is 0 Å². The number of hydrogen-bond acceptors (Lipinski definition) is 6. The molecular weight excluding hydrogens is 330 g/mol. The Morgan fingerprint density at radius 2 is 1.96 bits per heavy atom. The molecule has 134 valence electrons. The Morgan fingerprint density at radius 3 is 2.65 bits per heavy atom. The summed E-state index contributed by atoms with van der Waals surface area (Å²) in [6.07, 6.45) is 3.42. The minimum atomic E-state index is -0.387. The first kappa shape index (κ1) is 16.4. The summed E-state index contributed by atoms with van der Waals surface area (Å²) in [6, 6.07) is 7.69. The number of fused-ring (bicyclic) bond motifs is 1. The number of nitrogens with zero attached hydrogens (tertiary/aromatic N) is 6. The molecule has 1 amide bonds. The van der Waals surface area contributed by atoms with Crippen LogP contribution >= 0.6 is 0 Å². The van der Waals surface area contributed by atoms with Crippen LogP contribution in [0.4, 0.5) is 5.82 Å². The molecule has 26 heavy (non-hydrogen) atoms. The summed E-state index contributed by atoms with van der Waals surface area (Å²) in [4.78, 5) is 18.3. The second-order valence-electron chi connectivity index (χ2n) is 7.19. The maximum absolute atomic E-state index is 12.4. The number of carbonyl (C=O) groups is 1. The van der Waals surface area contributed by atoms with Crippen LogP contribution in [-0.2, 0) is 4.79 Å². The van der Waals surface area contributed by atoms with E-state index in [1.54, 1.807) is 16.9 Å². The Balaban J connectivity index is 1.54. The highest BCUT2D eigenvalue weighted by Crippen LogP contribution is 2.33. The van der Waals surface area contributed by atoms with Crippen LogP contribution in [0.15, 0.2) is 36.7 Å². The average molecular weight is 351 g/mol. The van der Waals surface area contributed by atoms with Gasteiger partial charge in [-0.25, -0.2) is 0 Å². The molecular formula is C18H21N7O. The number of anilines is 1. The quantitative estimate of drug-likeness (QED) is 0.706. The van der Waals surface area contributed by atoms with Gasteiger partial charge in [0, 0.05) is 37.1 Å². The van der Waals surface area contributed by atoms with Crippen molar-refractivity contribution in [3.63, 3.8) is 0 Å². The van der Waals surface area contributed by atoms with Crippen LogP contribution in [0.2, 0.25) is 0 Å². The normalized spacial score (nSPS) is 19.8. The number of hydrogen-bond donors (Lipinski definition) is 1. The first-order valence-corrected chi connectivity index (χ1v) is 8.66. The lowest BCUT2D eigenvalue weighted by Gasteiger charge is -2.49. The summed E-state index contributed by atoms with van der Waals surface area (Å²) in [5.41, 5.74) is 1.17. The molecule has 4 heterocycles. The Morgan fingerprint density at radius 1 is 1.19 bits per heavy atom. The zero-order chi connectivity index (χ0) is 18.3. The summed E-state index contributed by atoms with van der Waals surface area (Å²) >= 11 is 0. The van der Waals surface area contributed by atoms with E-state index in [0.717, 1.165) is 12.1 Å². The summed E-state index contributed by atoms with van der Waals surface area (Å²) in [7, 11) is 0. The average Bonchev–Trinajstić information content (AvgIpc) is 3.08. The van der Waals surface area contributed by atoms with Crippen LogP contribution in [-0.4, -0.2) is 54.7 Å². The van der Waals surface area contributed by atoms with Gasteiger partial charge in [0.05, 0.1) is 5.41 Å². The maximum atomic E-state index is 12.4. The summed E-state index contributed by atoms with van der Waals surface area (Å²) in [6.45, 7) is 7.36. The Kier molecular flexibility index (Phi) is 3.82. The standard InChI is InChI=1S/C18H21N7O/c1-12(2)24-11-18(3,17(24)26)10-20-14-4-5-15-21-22-16(25(15)23-14)13-6-8-19-9-7-13/h4-9,12H,10-11H2,1-3H3,(H,20,23). The van der Waals surface area contributed by atoms with Gasteiger partial charge in [0.2, 0.25) is 5.91 Å². The van der Waals surface area contributed by atoms with Crippen LogP contribution in [0.25, 0.3) is 17.0 Å². The predicted molar refractivity (Wildman–Crippen MR) is 97.5 cm³/mol. The Bertz CT molecular complexity index is 953. The molecule has 1 N–H and O–H groups in total. The largest absolute Gasteiger partial charge is 0.367 e. The van der Waals surface area contributed by atoms with E-state index in [0.29, 0.717) is 23.8 Å². The van der Waals surface area contributed by atoms with Crippen LogP contribution in [0.3, 0.4) is 0 Å². The van der Waals surface area contributed by atoms with Crippen molar-refractivity contribution in [2.24, 2.45) is 5.41 Å². The summed E-state index contributed by atoms with van der Waals surface area (Å²) in [5, 5.41) is 16.3. The molecule has 1 unspecified atom stereocenters. The molecule has 3 aromatic rings. The fourth-order valence-electron chi connectivity index (χ4n) is 3.17. The number of amides is 1. The number of likely N-dealkylation sites (tertiary alicyclic amines) is 1. The van der Waals surface area contributed by atoms with Crippen LogP contribution in [0.1, 0.15) is 20.8 Å². The van der Waals surface area contributed by atoms with Gasteiger partial charge in [-0.2, -0.15) is 4.52 Å². The number of aromatic nitrogens is 5. The third-order valence-corrected chi connectivity index (χ3v) is 4.78. The Hall–Kier alpha value is -3.03. The SMILES string of the molecule is CC(C)N1CC(C)(CNc2ccc3nnc(-c4ccncc4)n3n2)C1=O. The van der Waals surface area contributed by atoms with Gasteiger partial charge >= 0.3 is 0 Å². The van der Waals surface area contributed by atoms with E-state index in [-0.39, 0.29) is 17.4 Å². The van der Waals surface area contributed by atoms with E-state index in [2.05, 4.69) is 25.6 Å². The Labute approximate surface area is 151 Å². The van der Waals surface area contributed by atoms with Gasteiger partial charge in [0.1, 0.15) is 5.82 Å². The van der Waals surface area contributed by atoms with Gasteiger partial charge in [-0.3, -0.25) is 9.78 Å². The third kappa shape index (κ3) is 2.67. The fourth-order valence-corrected chi connectivity index (χ4v) is 3.17. The molecule has 3 aromatic heterocycles. The minimum absolute atomic E-state index is 0.183. The first-order valence-electron chi connectivity index (χ1n) is 8.66. The molecule has 1 fully saturated rings. The highest BCUT2D eigenvalue weighted by Gasteiger charge is 2.48. The van der Waals surface area contributed by atoms with E-state index in [9.17, 15) is 4.79 Å². The summed E-state index contributed by atoms with van der Waals surface area (Å²) in [5.74, 6) is 1.52. The molecule has 0 spiro atoms. The van der Waals surface area contributed by atoms with Crippen LogP contribution < -0.4 is 5.32 Å². The highest BCUT2D eigenvalue weighted by atomic mass is 16.2. The molecule has 0 aliphatic carbocycles. The van der Waals surface area contributed by atoms with Crippen molar-refractivity contribution in [3.05, 3.63) is 36.7 Å². The molecule has 8 nitrogen and oxygen atoms in total. The molecule has 1 aliphatic heterocycles. The predicted octanol–water partition coefficient (Wildman–Crippen LogP) is 1.86. The van der Waals surface area contributed by atoms with Crippen molar-refractivity contribution >= 4 is 17.4 Å². The first-order chi connectivity index (χ1) is 12.5.